The van der Waals surface area contributed by atoms with Crippen LogP contribution in [0.1, 0.15) is 0 Å². The van der Waals surface area contributed by atoms with Crippen LogP contribution < -0.4 is 5.43 Å². The summed E-state index contributed by atoms with van der Waals surface area (Å²) in [6, 6.07) is 0. The van der Waals surface area contributed by atoms with Gasteiger partial charge in [0.15, 0.2) is 11.7 Å². The van der Waals surface area contributed by atoms with Gasteiger partial charge in [-0.2, -0.15) is 20.2 Å². The summed E-state index contributed by atoms with van der Waals surface area (Å²) in [5.74, 6) is 1.65. The molecule has 6 nitrogen and oxygen atoms in total. The minimum Gasteiger partial charge on any atom is -0.280 e. The number of hydrazone groups is 3. The quantitative estimate of drug-likeness (QED) is 0.554. The summed E-state index contributed by atoms with van der Waals surface area (Å²) in [5, 5.41) is 15.6. The van der Waals surface area contributed by atoms with E-state index in [-0.39, 0.29) is 0 Å². The Labute approximate surface area is 74.2 Å². The van der Waals surface area contributed by atoms with E-state index in [2.05, 4.69) is 20.7 Å². The second-order valence-corrected chi connectivity index (χ2v) is 2.61. The molecule has 0 fully saturated rings. The van der Waals surface area contributed by atoms with Crippen LogP contribution in [0, 0.1) is 0 Å². The maximum absolute atomic E-state index is 4.25. The lowest BCUT2D eigenvalue weighted by Gasteiger charge is -2.19. The van der Waals surface area contributed by atoms with Crippen molar-refractivity contribution < 1.29 is 0 Å². The number of nitrogens with one attached hydrogen (secondary N) is 1. The first-order valence-corrected chi connectivity index (χ1v) is 3.83. The van der Waals surface area contributed by atoms with Gasteiger partial charge in [-0.3, -0.25) is 5.43 Å². The number of rotatable bonds is 0. The minimum absolute atomic E-state index is 0.795. The maximum atomic E-state index is 4.25. The number of nitrogens with zero attached hydrogens (tertiary/aromatic N) is 5. The standard InChI is InChI=1S/C7H6N6/c1-2-6-11-12-5-9-8-4-7(12)13(6)10-3-1/h1-5,8H. The van der Waals surface area contributed by atoms with Gasteiger partial charge in [0.05, 0.1) is 6.20 Å². The van der Waals surface area contributed by atoms with E-state index in [0.717, 1.165) is 11.7 Å². The minimum atomic E-state index is 0.795. The summed E-state index contributed by atoms with van der Waals surface area (Å²) in [6.07, 6.45) is 8.80. The average Bonchev–Trinajstić information content (AvgIpc) is 2.56. The molecule has 0 aromatic rings. The zero-order valence-electron chi connectivity index (χ0n) is 6.62. The summed E-state index contributed by atoms with van der Waals surface area (Å²) < 4.78 is 0. The van der Waals surface area contributed by atoms with E-state index in [0.29, 0.717) is 0 Å². The molecule has 64 valence electrons. The van der Waals surface area contributed by atoms with Crippen LogP contribution in [0.5, 0.6) is 0 Å². The molecule has 3 aliphatic heterocycles. The van der Waals surface area contributed by atoms with E-state index < -0.39 is 0 Å². The van der Waals surface area contributed by atoms with Crippen molar-refractivity contribution in [1.82, 2.24) is 15.4 Å². The number of hydrogen-bond acceptors (Lipinski definition) is 6. The second kappa shape index (κ2) is 2.19. The first-order chi connectivity index (χ1) is 6.45. The van der Waals surface area contributed by atoms with Crippen LogP contribution in [-0.4, -0.2) is 28.4 Å². The molecule has 0 radical (unpaired) electrons. The third-order valence-electron chi connectivity index (χ3n) is 1.83. The summed E-state index contributed by atoms with van der Waals surface area (Å²) in [5.41, 5.74) is 2.74. The van der Waals surface area contributed by atoms with E-state index in [4.69, 9.17) is 0 Å². The molecular weight excluding hydrogens is 168 g/mol. The Morgan fingerprint density at radius 3 is 3.38 bits per heavy atom. The molecule has 3 aliphatic rings. The molecule has 0 aromatic heterocycles. The smallest absolute Gasteiger partial charge is 0.176 e. The molecule has 3 heterocycles. The highest BCUT2D eigenvalue weighted by Crippen LogP contribution is 2.21. The molecule has 3 rings (SSSR count). The molecule has 0 atom stereocenters. The normalized spacial score (nSPS) is 22.2. The Hall–Kier alpha value is -2.11. The lowest BCUT2D eigenvalue weighted by atomic mass is 10.4. The molecule has 0 amide bonds. The zero-order valence-corrected chi connectivity index (χ0v) is 6.62. The first-order valence-electron chi connectivity index (χ1n) is 3.83. The fraction of sp³-hybridized carbons (Fsp3) is 0. The topological polar surface area (TPSA) is 55.6 Å². The third kappa shape index (κ3) is 0.792. The molecule has 0 aromatic carbocycles. The largest absolute Gasteiger partial charge is 0.280 e. The van der Waals surface area contributed by atoms with E-state index in [1.54, 1.807) is 28.8 Å². The fourth-order valence-electron chi connectivity index (χ4n) is 1.27. The Balaban J connectivity index is 2.07. The SMILES string of the molecule is C1=CC2=NN3C=NNC=C3N2N=C1. The lowest BCUT2D eigenvalue weighted by molar-refractivity contribution is 0.435. The third-order valence-corrected chi connectivity index (χ3v) is 1.83. The van der Waals surface area contributed by atoms with Gasteiger partial charge < -0.3 is 0 Å². The number of hydrogen-bond donors (Lipinski definition) is 1. The van der Waals surface area contributed by atoms with Crippen molar-refractivity contribution in [3.8, 4) is 0 Å². The van der Waals surface area contributed by atoms with E-state index >= 15 is 0 Å². The summed E-state index contributed by atoms with van der Waals surface area (Å²) >= 11 is 0. The second-order valence-electron chi connectivity index (χ2n) is 2.61. The van der Waals surface area contributed by atoms with Crippen molar-refractivity contribution in [3.63, 3.8) is 0 Å². The van der Waals surface area contributed by atoms with Crippen molar-refractivity contribution in [3.05, 3.63) is 24.2 Å². The molecule has 0 saturated carbocycles. The number of fused-ring (bicyclic) bond motifs is 3. The zero-order chi connectivity index (χ0) is 8.67. The average molecular weight is 174 g/mol. The van der Waals surface area contributed by atoms with Gasteiger partial charge in [0.1, 0.15) is 6.34 Å². The van der Waals surface area contributed by atoms with Crippen molar-refractivity contribution in [2.75, 3.05) is 0 Å². The Bertz CT molecular complexity index is 388. The van der Waals surface area contributed by atoms with E-state index in [9.17, 15) is 0 Å². The van der Waals surface area contributed by atoms with Crippen molar-refractivity contribution >= 4 is 18.4 Å². The maximum Gasteiger partial charge on any atom is 0.176 e. The van der Waals surface area contributed by atoms with Crippen LogP contribution in [-0.2, 0) is 0 Å². The Morgan fingerprint density at radius 2 is 2.38 bits per heavy atom. The van der Waals surface area contributed by atoms with Gasteiger partial charge in [0.25, 0.3) is 0 Å². The molecule has 13 heavy (non-hydrogen) atoms. The first kappa shape index (κ1) is 6.41. The molecule has 0 spiro atoms. The van der Waals surface area contributed by atoms with Crippen LogP contribution in [0.3, 0.4) is 0 Å². The van der Waals surface area contributed by atoms with Crippen molar-refractivity contribution in [1.29, 1.82) is 0 Å². The Kier molecular flexibility index (Phi) is 1.08. The van der Waals surface area contributed by atoms with Crippen LogP contribution >= 0.6 is 0 Å². The number of allylic oxidation sites excluding steroid dienone is 1. The summed E-state index contributed by atoms with van der Waals surface area (Å²) in [7, 11) is 0. The fourth-order valence-corrected chi connectivity index (χ4v) is 1.27. The van der Waals surface area contributed by atoms with Gasteiger partial charge in [-0.05, 0) is 12.2 Å². The monoisotopic (exact) mass is 174 g/mol. The van der Waals surface area contributed by atoms with Crippen LogP contribution in [0.2, 0.25) is 0 Å². The van der Waals surface area contributed by atoms with Gasteiger partial charge in [0.2, 0.25) is 0 Å². The van der Waals surface area contributed by atoms with Crippen LogP contribution in [0.15, 0.2) is 39.5 Å². The molecule has 0 unspecified atom stereocenters. The van der Waals surface area contributed by atoms with Crippen LogP contribution in [0.4, 0.5) is 0 Å². The van der Waals surface area contributed by atoms with Gasteiger partial charge in [0, 0.05) is 6.21 Å². The molecule has 0 bridgehead atoms. The van der Waals surface area contributed by atoms with E-state index in [1.165, 1.54) is 0 Å². The van der Waals surface area contributed by atoms with Gasteiger partial charge in [-0.15, -0.1) is 5.10 Å². The Morgan fingerprint density at radius 1 is 1.38 bits per heavy atom. The molecule has 0 saturated heterocycles. The van der Waals surface area contributed by atoms with Crippen molar-refractivity contribution in [2.45, 2.75) is 0 Å². The predicted octanol–water partition coefficient (Wildman–Crippen LogP) is -0.181. The van der Waals surface area contributed by atoms with Gasteiger partial charge >= 0.3 is 0 Å². The van der Waals surface area contributed by atoms with Gasteiger partial charge in [-0.1, -0.05) is 0 Å². The lowest BCUT2D eigenvalue weighted by Crippen LogP contribution is -2.28. The highest BCUT2D eigenvalue weighted by molar-refractivity contribution is 6.01. The molecule has 0 aliphatic carbocycles. The highest BCUT2D eigenvalue weighted by Gasteiger charge is 2.28. The van der Waals surface area contributed by atoms with Gasteiger partial charge in [-0.25, -0.2) is 0 Å². The predicted molar refractivity (Wildman–Crippen MR) is 48.5 cm³/mol. The van der Waals surface area contributed by atoms with Crippen LogP contribution in [0.25, 0.3) is 0 Å². The van der Waals surface area contributed by atoms with Crippen molar-refractivity contribution in [2.24, 2.45) is 15.3 Å². The highest BCUT2D eigenvalue weighted by atomic mass is 15.7. The van der Waals surface area contributed by atoms with E-state index in [1.807, 2.05) is 12.2 Å². The summed E-state index contributed by atoms with van der Waals surface area (Å²) in [4.78, 5) is 0. The molecular formula is C7H6N6. The summed E-state index contributed by atoms with van der Waals surface area (Å²) in [6.45, 7) is 0. The number of amidine groups is 1. The molecule has 1 N–H and O–H groups in total. The molecule has 6 heteroatoms.